The number of likely N-dealkylation sites (N-methyl/N-ethyl adjacent to an activating group) is 1. The summed E-state index contributed by atoms with van der Waals surface area (Å²) in [6.07, 6.45) is 1.23. The zero-order valence-corrected chi connectivity index (χ0v) is 12.7. The fourth-order valence-electron chi connectivity index (χ4n) is 2.38. The first-order chi connectivity index (χ1) is 11.1. The predicted molar refractivity (Wildman–Crippen MR) is 81.8 cm³/mol. The van der Waals surface area contributed by atoms with E-state index < -0.39 is 4.92 Å². The van der Waals surface area contributed by atoms with Crippen LogP contribution >= 0.6 is 0 Å². The largest absolute Gasteiger partial charge is 0.353 e. The van der Waals surface area contributed by atoms with E-state index in [1.807, 2.05) is 24.1 Å². The third-order valence-corrected chi connectivity index (χ3v) is 3.59. The molecule has 1 aromatic heterocycles. The van der Waals surface area contributed by atoms with Crippen molar-refractivity contribution in [1.29, 1.82) is 10.5 Å². The molecule has 2 rings (SSSR count). The molecule has 23 heavy (non-hydrogen) atoms. The summed E-state index contributed by atoms with van der Waals surface area (Å²) < 4.78 is 0. The van der Waals surface area contributed by atoms with Crippen molar-refractivity contribution in [3.63, 3.8) is 0 Å². The van der Waals surface area contributed by atoms with Crippen LogP contribution in [-0.4, -0.2) is 66.1 Å². The molecule has 0 atom stereocenters. The van der Waals surface area contributed by atoms with Crippen LogP contribution in [0.4, 0.5) is 17.3 Å². The smallest absolute Gasteiger partial charge is 0.348 e. The van der Waals surface area contributed by atoms with Crippen LogP contribution in [0, 0.1) is 32.8 Å². The number of nitro groups is 1. The average Bonchev–Trinajstić information content (AvgIpc) is 2.54. The molecule has 1 saturated heterocycles. The van der Waals surface area contributed by atoms with Crippen LogP contribution in [0.25, 0.3) is 0 Å². The highest BCUT2D eigenvalue weighted by Crippen LogP contribution is 2.34. The minimum atomic E-state index is -0.551. The quantitative estimate of drug-likeness (QED) is 0.418. The molecule has 2 heterocycles. The Morgan fingerprint density at radius 1 is 1.26 bits per heavy atom. The van der Waals surface area contributed by atoms with Gasteiger partial charge in [0.2, 0.25) is 11.6 Å². The lowest BCUT2D eigenvalue weighted by Crippen LogP contribution is -2.45. The number of nitrogens with zero attached hydrogens (tertiary/aromatic N) is 8. The van der Waals surface area contributed by atoms with Gasteiger partial charge in [-0.3, -0.25) is 10.1 Å². The van der Waals surface area contributed by atoms with Gasteiger partial charge in [0, 0.05) is 26.2 Å². The molecule has 10 nitrogen and oxygen atoms in total. The minimum Gasteiger partial charge on any atom is -0.348 e. The maximum atomic E-state index is 11.6. The van der Waals surface area contributed by atoms with Gasteiger partial charge < -0.3 is 14.7 Å². The fraction of sp³-hybridized carbons (Fsp3) is 0.538. The number of nitriles is 2. The van der Waals surface area contributed by atoms with Gasteiger partial charge >= 0.3 is 5.69 Å². The Balaban J connectivity index is 2.44. The Morgan fingerprint density at radius 2 is 1.87 bits per heavy atom. The zero-order chi connectivity index (χ0) is 16.8. The minimum absolute atomic E-state index is 0.00188. The summed E-state index contributed by atoms with van der Waals surface area (Å²) in [5.74, 6) is 0.232. The molecule has 0 spiro atoms. The van der Waals surface area contributed by atoms with Crippen molar-refractivity contribution in [2.24, 2.45) is 0 Å². The lowest BCUT2D eigenvalue weighted by atomic mass is 10.3. The summed E-state index contributed by atoms with van der Waals surface area (Å²) in [5.41, 5.74) is -0.262. The fourth-order valence-corrected chi connectivity index (χ4v) is 2.38. The molecule has 0 unspecified atom stereocenters. The maximum Gasteiger partial charge on any atom is 0.353 e. The first kappa shape index (κ1) is 16.4. The lowest BCUT2D eigenvalue weighted by molar-refractivity contribution is -0.383. The normalized spacial score (nSPS) is 14.8. The van der Waals surface area contributed by atoms with E-state index in [-0.39, 0.29) is 30.4 Å². The Hall–Kier alpha value is -2.98. The highest BCUT2D eigenvalue weighted by molar-refractivity contribution is 5.71. The van der Waals surface area contributed by atoms with Crippen molar-refractivity contribution in [2.75, 3.05) is 56.1 Å². The van der Waals surface area contributed by atoms with Crippen LogP contribution in [0.2, 0.25) is 0 Å². The van der Waals surface area contributed by atoms with Gasteiger partial charge in [0.05, 0.1) is 17.1 Å². The van der Waals surface area contributed by atoms with Crippen molar-refractivity contribution in [2.45, 2.75) is 0 Å². The van der Waals surface area contributed by atoms with Gasteiger partial charge in [-0.1, -0.05) is 0 Å². The van der Waals surface area contributed by atoms with Crippen LogP contribution < -0.4 is 9.80 Å². The van der Waals surface area contributed by atoms with E-state index in [9.17, 15) is 10.1 Å². The molecule has 120 valence electrons. The van der Waals surface area contributed by atoms with Crippen molar-refractivity contribution in [3.05, 3.63) is 16.4 Å². The predicted octanol–water partition coefficient (Wildman–Crippen LogP) is -0.00984. The third kappa shape index (κ3) is 3.62. The molecule has 0 radical (unpaired) electrons. The Bertz CT molecular complexity index is 641. The number of aromatic nitrogens is 2. The molecule has 0 aromatic carbocycles. The summed E-state index contributed by atoms with van der Waals surface area (Å²) in [6, 6.07) is 3.79. The number of anilines is 2. The average molecular weight is 316 g/mol. The molecular weight excluding hydrogens is 300 g/mol. The molecular formula is C13H16N8O2. The number of hydrogen-bond acceptors (Lipinski definition) is 9. The molecule has 0 saturated carbocycles. The molecule has 1 fully saturated rings. The SMILES string of the molecule is CN1CCN(c2ncnc(N(CC#N)CC#N)c2[N+](=O)[O-])CC1. The third-order valence-electron chi connectivity index (χ3n) is 3.59. The topological polar surface area (TPSA) is 126 Å². The van der Waals surface area contributed by atoms with E-state index in [4.69, 9.17) is 10.5 Å². The Kier molecular flexibility index (Phi) is 5.23. The van der Waals surface area contributed by atoms with Gasteiger partial charge in [0.25, 0.3) is 0 Å². The molecule has 10 heteroatoms. The van der Waals surface area contributed by atoms with Crippen LogP contribution in [0.3, 0.4) is 0 Å². The van der Waals surface area contributed by atoms with Crippen LogP contribution in [-0.2, 0) is 0 Å². The first-order valence-electron chi connectivity index (χ1n) is 7.00. The monoisotopic (exact) mass is 316 g/mol. The van der Waals surface area contributed by atoms with E-state index in [0.717, 1.165) is 13.1 Å². The van der Waals surface area contributed by atoms with Crippen LogP contribution in [0.1, 0.15) is 0 Å². The first-order valence-corrected chi connectivity index (χ1v) is 7.00. The van der Waals surface area contributed by atoms with E-state index in [1.54, 1.807) is 0 Å². The summed E-state index contributed by atoms with van der Waals surface area (Å²) in [4.78, 5) is 24.3. The second-order valence-electron chi connectivity index (χ2n) is 5.09. The van der Waals surface area contributed by atoms with Crippen LogP contribution in [0.5, 0.6) is 0 Å². The lowest BCUT2D eigenvalue weighted by Gasteiger charge is -2.33. The maximum absolute atomic E-state index is 11.6. The molecule has 0 amide bonds. The molecule has 0 N–H and O–H groups in total. The van der Waals surface area contributed by atoms with Gasteiger partial charge in [-0.05, 0) is 7.05 Å². The van der Waals surface area contributed by atoms with Gasteiger partial charge in [0.15, 0.2) is 0 Å². The Morgan fingerprint density at radius 3 is 2.39 bits per heavy atom. The van der Waals surface area contributed by atoms with E-state index in [1.165, 1.54) is 11.2 Å². The summed E-state index contributed by atoms with van der Waals surface area (Å²) in [5, 5.41) is 29.3. The van der Waals surface area contributed by atoms with Crippen molar-refractivity contribution in [3.8, 4) is 12.1 Å². The van der Waals surface area contributed by atoms with Crippen molar-refractivity contribution >= 4 is 17.3 Å². The second-order valence-corrected chi connectivity index (χ2v) is 5.09. The van der Waals surface area contributed by atoms with E-state index in [2.05, 4.69) is 14.9 Å². The molecule has 0 bridgehead atoms. The highest BCUT2D eigenvalue weighted by Gasteiger charge is 2.31. The van der Waals surface area contributed by atoms with Crippen LogP contribution in [0.15, 0.2) is 6.33 Å². The zero-order valence-electron chi connectivity index (χ0n) is 12.7. The number of hydrogen-bond donors (Lipinski definition) is 0. The molecule has 1 aliphatic heterocycles. The Labute approximate surface area is 133 Å². The summed E-state index contributed by atoms with van der Waals surface area (Å²) >= 11 is 0. The standard InChI is InChI=1S/C13H16N8O2/c1-18-6-8-20(9-7-18)13-11(21(22)23)12(16-10-17-13)19(4-2-14)5-3-15/h10H,4-9H2,1H3. The van der Waals surface area contributed by atoms with E-state index >= 15 is 0 Å². The van der Waals surface area contributed by atoms with Gasteiger partial charge in [-0.2, -0.15) is 10.5 Å². The van der Waals surface area contributed by atoms with E-state index in [0.29, 0.717) is 13.1 Å². The van der Waals surface area contributed by atoms with Gasteiger partial charge in [0.1, 0.15) is 19.4 Å². The van der Waals surface area contributed by atoms with Crippen molar-refractivity contribution < 1.29 is 4.92 Å². The van der Waals surface area contributed by atoms with Gasteiger partial charge in [-0.15, -0.1) is 0 Å². The van der Waals surface area contributed by atoms with Crippen molar-refractivity contribution in [1.82, 2.24) is 14.9 Å². The molecule has 1 aromatic rings. The number of rotatable bonds is 5. The summed E-state index contributed by atoms with van der Waals surface area (Å²) in [7, 11) is 1.98. The van der Waals surface area contributed by atoms with Gasteiger partial charge in [-0.25, -0.2) is 9.97 Å². The summed E-state index contributed by atoms with van der Waals surface area (Å²) in [6.45, 7) is 2.46. The molecule has 1 aliphatic rings. The second kappa shape index (κ2) is 7.33. The molecule has 0 aliphatic carbocycles. The highest BCUT2D eigenvalue weighted by atomic mass is 16.6. The number of piperazine rings is 1.